The van der Waals surface area contributed by atoms with Crippen molar-refractivity contribution in [1.82, 2.24) is 9.55 Å². The van der Waals surface area contributed by atoms with Crippen molar-refractivity contribution in [1.29, 1.82) is 0 Å². The Morgan fingerprint density at radius 1 is 1.41 bits per heavy atom. The predicted octanol–water partition coefficient (Wildman–Crippen LogP) is -2.02. The summed E-state index contributed by atoms with van der Waals surface area (Å²) in [4.78, 5) is 32.0. The molecule has 12 heteroatoms. The van der Waals surface area contributed by atoms with E-state index in [-0.39, 0.29) is 6.01 Å². The molecule has 0 unspecified atom stereocenters. The van der Waals surface area contributed by atoms with E-state index in [1.165, 1.54) is 17.9 Å². The fourth-order valence-corrected chi connectivity index (χ4v) is 2.35. The normalized spacial score (nSPS) is 28.8. The molecule has 124 valence electrons. The summed E-state index contributed by atoms with van der Waals surface area (Å²) in [6, 6.07) is 0.949. The van der Waals surface area contributed by atoms with Gasteiger partial charge in [0.2, 0.25) is 0 Å². The lowest BCUT2D eigenvalue weighted by Crippen LogP contribution is -2.34. The first-order valence-electron chi connectivity index (χ1n) is 6.08. The first-order valence-corrected chi connectivity index (χ1v) is 7.61. The lowest BCUT2D eigenvalue weighted by molar-refractivity contribution is -0.0557. The van der Waals surface area contributed by atoms with Crippen LogP contribution in [0.5, 0.6) is 6.01 Å². The van der Waals surface area contributed by atoms with Gasteiger partial charge in [0.25, 0.3) is 5.56 Å². The zero-order chi connectivity index (χ0) is 16.5. The Morgan fingerprint density at radius 2 is 2.09 bits per heavy atom. The van der Waals surface area contributed by atoms with E-state index in [2.05, 4.69) is 9.51 Å². The molecule has 4 N–H and O–H groups in total. The van der Waals surface area contributed by atoms with E-state index < -0.39 is 44.5 Å². The van der Waals surface area contributed by atoms with Gasteiger partial charge in [0.1, 0.15) is 18.3 Å². The summed E-state index contributed by atoms with van der Waals surface area (Å²) in [5, 5.41) is 19.9. The van der Waals surface area contributed by atoms with Gasteiger partial charge < -0.3 is 29.5 Å². The molecule has 0 amide bonds. The molecule has 11 nitrogen and oxygen atoms in total. The largest absolute Gasteiger partial charge is 0.469 e. The van der Waals surface area contributed by atoms with E-state index in [9.17, 15) is 19.6 Å². The van der Waals surface area contributed by atoms with Crippen molar-refractivity contribution in [2.45, 2.75) is 24.5 Å². The van der Waals surface area contributed by atoms with E-state index >= 15 is 0 Å². The van der Waals surface area contributed by atoms with Gasteiger partial charge in [-0.1, -0.05) is 0 Å². The highest BCUT2D eigenvalue weighted by Crippen LogP contribution is 2.38. The van der Waals surface area contributed by atoms with Crippen molar-refractivity contribution in [3.63, 3.8) is 0 Å². The minimum Gasteiger partial charge on any atom is -0.468 e. The second-order valence-corrected chi connectivity index (χ2v) is 5.73. The zero-order valence-electron chi connectivity index (χ0n) is 11.3. The Kier molecular flexibility index (Phi) is 4.97. The maximum absolute atomic E-state index is 11.2. The summed E-state index contributed by atoms with van der Waals surface area (Å²) < 4.78 is 26.3. The van der Waals surface area contributed by atoms with Crippen molar-refractivity contribution in [3.05, 3.63) is 22.6 Å². The van der Waals surface area contributed by atoms with Gasteiger partial charge in [-0.25, -0.2) is 4.57 Å². The molecule has 2 rings (SSSR count). The van der Waals surface area contributed by atoms with E-state index in [4.69, 9.17) is 19.3 Å². The van der Waals surface area contributed by atoms with Gasteiger partial charge in [-0.2, -0.15) is 4.98 Å². The quantitative estimate of drug-likeness (QED) is 0.441. The second kappa shape index (κ2) is 6.42. The third kappa shape index (κ3) is 3.70. The Bertz CT molecular complexity index is 629. The van der Waals surface area contributed by atoms with Crippen LogP contribution >= 0.6 is 7.82 Å². The average Bonchev–Trinajstić information content (AvgIpc) is 2.72. The summed E-state index contributed by atoms with van der Waals surface area (Å²) in [5.74, 6) is 0. The number of hydrogen-bond acceptors (Lipinski definition) is 8. The summed E-state index contributed by atoms with van der Waals surface area (Å²) in [5.41, 5.74) is -0.567. The number of hydrogen-bond donors (Lipinski definition) is 4. The number of methoxy groups -OCH3 is 1. The van der Waals surface area contributed by atoms with Crippen molar-refractivity contribution < 1.29 is 38.6 Å². The van der Waals surface area contributed by atoms with Gasteiger partial charge >= 0.3 is 13.8 Å². The Balaban J connectivity index is 2.19. The molecular formula is C10H15N2O9P. The number of phosphoric ester groups is 1. The molecule has 0 saturated carbocycles. The van der Waals surface area contributed by atoms with Crippen LogP contribution in [0.3, 0.4) is 0 Å². The van der Waals surface area contributed by atoms with Gasteiger partial charge in [0, 0.05) is 12.3 Å². The van der Waals surface area contributed by atoms with Crippen LogP contribution in [0.4, 0.5) is 0 Å². The van der Waals surface area contributed by atoms with Crippen molar-refractivity contribution in [2.24, 2.45) is 0 Å². The number of nitrogens with zero attached hydrogens (tertiary/aromatic N) is 2. The lowest BCUT2D eigenvalue weighted by Gasteiger charge is -2.20. The summed E-state index contributed by atoms with van der Waals surface area (Å²) in [7, 11) is -3.48. The van der Waals surface area contributed by atoms with Gasteiger partial charge in [-0.3, -0.25) is 13.9 Å². The highest BCUT2D eigenvalue weighted by atomic mass is 31.2. The third-order valence-electron chi connectivity index (χ3n) is 3.01. The van der Waals surface area contributed by atoms with Gasteiger partial charge in [-0.05, 0) is 0 Å². The molecule has 2 heterocycles. The Hall–Kier alpha value is -1.33. The first-order chi connectivity index (χ1) is 10.2. The number of phosphoric acid groups is 1. The molecule has 0 bridgehead atoms. The molecule has 22 heavy (non-hydrogen) atoms. The molecule has 1 aromatic heterocycles. The molecular weight excluding hydrogens is 323 g/mol. The predicted molar refractivity (Wildman–Crippen MR) is 69.0 cm³/mol. The summed E-state index contributed by atoms with van der Waals surface area (Å²) in [6.45, 7) is -0.630. The van der Waals surface area contributed by atoms with Crippen LogP contribution in [-0.2, 0) is 13.8 Å². The van der Waals surface area contributed by atoms with Crippen LogP contribution in [0, 0.1) is 0 Å². The third-order valence-corrected chi connectivity index (χ3v) is 3.49. The topological polar surface area (TPSA) is 161 Å². The number of aliphatic hydroxyl groups is 2. The van der Waals surface area contributed by atoms with Crippen LogP contribution in [0.25, 0.3) is 0 Å². The monoisotopic (exact) mass is 338 g/mol. The Morgan fingerprint density at radius 3 is 2.68 bits per heavy atom. The van der Waals surface area contributed by atoms with E-state index in [0.29, 0.717) is 0 Å². The van der Waals surface area contributed by atoms with Crippen LogP contribution in [0.2, 0.25) is 0 Å². The van der Waals surface area contributed by atoms with E-state index in [1.54, 1.807) is 0 Å². The molecule has 1 aliphatic heterocycles. The Labute approximate surface area is 123 Å². The summed E-state index contributed by atoms with van der Waals surface area (Å²) in [6.07, 6.45) is -3.99. The second-order valence-electron chi connectivity index (χ2n) is 4.49. The summed E-state index contributed by atoms with van der Waals surface area (Å²) >= 11 is 0. The molecule has 1 aliphatic rings. The van der Waals surface area contributed by atoms with Crippen molar-refractivity contribution in [3.8, 4) is 6.01 Å². The molecule has 1 saturated heterocycles. The molecule has 0 spiro atoms. The maximum Gasteiger partial charge on any atom is 0.469 e. The van der Waals surface area contributed by atoms with Crippen LogP contribution in [0.15, 0.2) is 17.1 Å². The molecule has 0 aromatic carbocycles. The van der Waals surface area contributed by atoms with Crippen molar-refractivity contribution >= 4 is 7.82 Å². The fraction of sp³-hybridized carbons (Fsp3) is 0.600. The standard InChI is InChI=1S/C10H15N2O9P/c1-19-10-11-6(13)2-3-12(10)9-8(15)7(14)5(21-9)4-20-22(16,17)18/h2-3,5,7-9,14-15H,4H2,1H3,(H2,16,17,18)/t5-,7-,8-,9-/m1/s1. The number of rotatable bonds is 5. The SMILES string of the molecule is COc1nc(=O)ccn1[C@@H]1O[C@H](COP(=O)(O)O)[C@@H](O)[C@H]1O. The van der Waals surface area contributed by atoms with Gasteiger partial charge in [0.15, 0.2) is 6.23 Å². The van der Waals surface area contributed by atoms with Gasteiger partial charge in [0.05, 0.1) is 13.7 Å². The molecule has 0 aliphatic carbocycles. The number of aromatic nitrogens is 2. The fourth-order valence-electron chi connectivity index (χ4n) is 2.01. The van der Waals surface area contributed by atoms with Crippen LogP contribution in [0.1, 0.15) is 6.23 Å². The van der Waals surface area contributed by atoms with Crippen LogP contribution < -0.4 is 10.3 Å². The highest BCUT2D eigenvalue weighted by Gasteiger charge is 2.45. The smallest absolute Gasteiger partial charge is 0.468 e. The molecule has 1 aromatic rings. The first kappa shape index (κ1) is 17.0. The average molecular weight is 338 g/mol. The number of aliphatic hydroxyl groups excluding tert-OH is 2. The lowest BCUT2D eigenvalue weighted by atomic mass is 10.1. The van der Waals surface area contributed by atoms with Crippen molar-refractivity contribution in [2.75, 3.05) is 13.7 Å². The minimum absolute atomic E-state index is 0.152. The van der Waals surface area contributed by atoms with E-state index in [1.807, 2.05) is 0 Å². The van der Waals surface area contributed by atoms with Crippen LogP contribution in [-0.4, -0.2) is 61.6 Å². The highest BCUT2D eigenvalue weighted by molar-refractivity contribution is 7.46. The molecule has 0 radical (unpaired) electrons. The number of ether oxygens (including phenoxy) is 2. The molecule has 4 atom stereocenters. The maximum atomic E-state index is 11.2. The van der Waals surface area contributed by atoms with E-state index in [0.717, 1.165) is 6.07 Å². The molecule has 1 fully saturated rings. The van der Waals surface area contributed by atoms with Gasteiger partial charge in [-0.15, -0.1) is 0 Å². The minimum atomic E-state index is -4.74. The zero-order valence-corrected chi connectivity index (χ0v) is 12.2.